The van der Waals surface area contributed by atoms with Crippen LogP contribution in [0.3, 0.4) is 0 Å². The molecule has 1 N–H and O–H groups in total. The zero-order chi connectivity index (χ0) is 26.9. The Bertz CT molecular complexity index is 1050. The molecule has 0 spiro atoms. The molecule has 1 aliphatic heterocycles. The van der Waals surface area contributed by atoms with Gasteiger partial charge in [-0.1, -0.05) is 23.8 Å². The van der Waals surface area contributed by atoms with E-state index in [1.54, 1.807) is 26.0 Å². The lowest BCUT2D eigenvalue weighted by atomic mass is 9.93. The summed E-state index contributed by atoms with van der Waals surface area (Å²) in [6.45, 7) is 7.89. The summed E-state index contributed by atoms with van der Waals surface area (Å²) < 4.78 is 38.7. The number of ether oxygens (including phenoxy) is 3. The molecule has 0 aromatic heterocycles. The van der Waals surface area contributed by atoms with Crippen LogP contribution in [-0.4, -0.2) is 50.6 Å². The van der Waals surface area contributed by atoms with Gasteiger partial charge in [-0.25, -0.2) is 4.79 Å². The molecular weight excluding hydrogens is 487 g/mol. The van der Waals surface area contributed by atoms with Crippen LogP contribution in [0.1, 0.15) is 60.7 Å². The van der Waals surface area contributed by atoms with Gasteiger partial charge in [-0.3, -0.25) is 9.36 Å². The topological polar surface area (TPSA) is 118 Å². The van der Waals surface area contributed by atoms with Crippen molar-refractivity contribution in [3.05, 3.63) is 46.1 Å². The average molecular weight is 525 g/mol. The van der Waals surface area contributed by atoms with Crippen LogP contribution in [0.25, 0.3) is 0 Å². The van der Waals surface area contributed by atoms with Gasteiger partial charge in [0.2, 0.25) is 0 Å². The molecule has 0 saturated carbocycles. The Morgan fingerprint density at radius 3 is 2.44 bits per heavy atom. The van der Waals surface area contributed by atoms with Crippen molar-refractivity contribution in [1.29, 1.82) is 0 Å². The third-order valence-corrected chi connectivity index (χ3v) is 7.93. The highest BCUT2D eigenvalue weighted by Gasteiger charge is 2.32. The molecule has 0 amide bonds. The van der Waals surface area contributed by atoms with Crippen LogP contribution in [-0.2, 0) is 40.9 Å². The zero-order valence-electron chi connectivity index (χ0n) is 21.9. The van der Waals surface area contributed by atoms with Crippen molar-refractivity contribution < 1.29 is 42.5 Å². The molecule has 0 aliphatic carbocycles. The first-order chi connectivity index (χ1) is 17.1. The second-order valence-electron chi connectivity index (χ2n) is 8.43. The van der Waals surface area contributed by atoms with Gasteiger partial charge in [0.05, 0.1) is 39.5 Å². The summed E-state index contributed by atoms with van der Waals surface area (Å²) in [6.07, 6.45) is 6.60. The first kappa shape index (κ1) is 29.6. The second-order valence-corrected chi connectivity index (χ2v) is 10.5. The van der Waals surface area contributed by atoms with Crippen molar-refractivity contribution in [3.8, 4) is 11.5 Å². The Labute approximate surface area is 212 Å². The lowest BCUT2D eigenvalue weighted by Gasteiger charge is -2.17. The maximum Gasteiger partial charge on any atom is 0.342 e. The normalized spacial score (nSPS) is 14.6. The summed E-state index contributed by atoms with van der Waals surface area (Å²) in [5, 5.41) is 10.8. The van der Waals surface area contributed by atoms with E-state index in [0.29, 0.717) is 36.1 Å². The highest BCUT2D eigenvalue weighted by atomic mass is 31.2. The Kier molecular flexibility index (Phi) is 11.2. The van der Waals surface area contributed by atoms with Crippen LogP contribution in [0, 0.1) is 12.8 Å². The van der Waals surface area contributed by atoms with Gasteiger partial charge in [-0.05, 0) is 52.5 Å². The molecule has 1 aromatic carbocycles. The number of methoxy groups -OCH3 is 2. The van der Waals surface area contributed by atoms with Gasteiger partial charge in [-0.2, -0.15) is 0 Å². The molecule has 1 aromatic rings. The van der Waals surface area contributed by atoms with Crippen LogP contribution < -0.4 is 4.74 Å². The third-order valence-electron chi connectivity index (χ3n) is 5.97. The van der Waals surface area contributed by atoms with Gasteiger partial charge in [0, 0.05) is 11.1 Å². The predicted octanol–water partition coefficient (Wildman–Crippen LogP) is 5.26. The van der Waals surface area contributed by atoms with E-state index in [9.17, 15) is 19.3 Å². The maximum absolute atomic E-state index is 12.6. The van der Waals surface area contributed by atoms with Crippen molar-refractivity contribution in [2.75, 3.05) is 33.6 Å². The standard InChI is InChI=1S/C26H37O9P/c1-7-34-36(30,35-8-2)14-10-9-11-19(25(28)32-6)15-17(3)12-13-20-23(27)22-21(16-33-26(22)29)18(4)24(20)31-5/h9-10,12,19,27H,7-8,11,13-16H2,1-6H3/b10-9+,17-12+. The number of aromatic hydroxyl groups is 1. The molecule has 0 bridgehead atoms. The smallest absolute Gasteiger partial charge is 0.342 e. The SMILES string of the molecule is CCOP(=O)(C/C=C/CC(C/C(C)=C/Cc1c(O)c2c(c(C)c1OC)COC2=O)C(=O)OC)OCC. The summed E-state index contributed by atoms with van der Waals surface area (Å²) in [5.41, 5.74) is 2.96. The van der Waals surface area contributed by atoms with E-state index in [-0.39, 0.29) is 43.3 Å². The Morgan fingerprint density at radius 2 is 1.86 bits per heavy atom. The first-order valence-electron chi connectivity index (χ1n) is 12.0. The third kappa shape index (κ3) is 7.21. The molecule has 2 rings (SSSR count). The molecule has 0 radical (unpaired) electrons. The van der Waals surface area contributed by atoms with Crippen molar-refractivity contribution >= 4 is 19.5 Å². The first-order valence-corrected chi connectivity index (χ1v) is 13.7. The van der Waals surface area contributed by atoms with Gasteiger partial charge < -0.3 is 28.4 Å². The van der Waals surface area contributed by atoms with E-state index in [1.807, 2.05) is 19.9 Å². The maximum atomic E-state index is 12.6. The van der Waals surface area contributed by atoms with Crippen molar-refractivity contribution in [3.63, 3.8) is 0 Å². The summed E-state index contributed by atoms with van der Waals surface area (Å²) in [6, 6.07) is 0. The average Bonchev–Trinajstić information content (AvgIpc) is 3.24. The minimum Gasteiger partial charge on any atom is -0.507 e. The summed E-state index contributed by atoms with van der Waals surface area (Å²) in [5.74, 6) is -0.991. The van der Waals surface area contributed by atoms with Crippen LogP contribution in [0.4, 0.5) is 0 Å². The summed E-state index contributed by atoms with van der Waals surface area (Å²) >= 11 is 0. The highest BCUT2D eigenvalue weighted by molar-refractivity contribution is 7.54. The van der Waals surface area contributed by atoms with E-state index in [2.05, 4.69) is 0 Å². The molecule has 0 saturated heterocycles. The van der Waals surface area contributed by atoms with Crippen LogP contribution in [0.2, 0.25) is 0 Å². The molecular formula is C26H37O9P. The molecule has 200 valence electrons. The van der Waals surface area contributed by atoms with E-state index in [1.165, 1.54) is 14.2 Å². The number of phenolic OH excluding ortho intramolecular Hbond substituents is 1. The van der Waals surface area contributed by atoms with Crippen LogP contribution >= 0.6 is 7.60 Å². The quantitative estimate of drug-likeness (QED) is 0.197. The lowest BCUT2D eigenvalue weighted by molar-refractivity contribution is -0.145. The summed E-state index contributed by atoms with van der Waals surface area (Å²) in [7, 11) is -0.338. The van der Waals surface area contributed by atoms with Crippen molar-refractivity contribution in [1.82, 2.24) is 0 Å². The Balaban J connectivity index is 2.16. The fourth-order valence-electron chi connectivity index (χ4n) is 4.21. The molecule has 1 aliphatic rings. The lowest BCUT2D eigenvalue weighted by Crippen LogP contribution is -2.16. The van der Waals surface area contributed by atoms with E-state index < -0.39 is 19.5 Å². The number of fused-ring (bicyclic) bond motifs is 1. The summed E-state index contributed by atoms with van der Waals surface area (Å²) in [4.78, 5) is 24.5. The highest BCUT2D eigenvalue weighted by Crippen LogP contribution is 2.48. The van der Waals surface area contributed by atoms with Crippen molar-refractivity contribution in [2.24, 2.45) is 5.92 Å². The Hall–Kier alpha value is -2.61. The van der Waals surface area contributed by atoms with Gasteiger partial charge >= 0.3 is 19.5 Å². The number of benzene rings is 1. The number of rotatable bonds is 14. The molecule has 1 atom stereocenters. The fraction of sp³-hybridized carbons (Fsp3) is 0.538. The predicted molar refractivity (Wildman–Crippen MR) is 136 cm³/mol. The number of hydrogen-bond donors (Lipinski definition) is 1. The zero-order valence-corrected chi connectivity index (χ0v) is 22.8. The van der Waals surface area contributed by atoms with Crippen molar-refractivity contribution in [2.45, 2.75) is 53.6 Å². The van der Waals surface area contributed by atoms with E-state index >= 15 is 0 Å². The van der Waals surface area contributed by atoms with Gasteiger partial charge in [-0.15, -0.1) is 0 Å². The second kappa shape index (κ2) is 13.6. The number of carbonyl (C=O) groups is 2. The largest absolute Gasteiger partial charge is 0.507 e. The molecule has 9 nitrogen and oxygen atoms in total. The fourth-order valence-corrected chi connectivity index (χ4v) is 5.69. The molecule has 1 unspecified atom stereocenters. The van der Waals surface area contributed by atoms with Crippen LogP contribution in [0.5, 0.6) is 11.5 Å². The molecule has 10 heteroatoms. The van der Waals surface area contributed by atoms with Gasteiger partial charge in [0.15, 0.2) is 0 Å². The molecule has 36 heavy (non-hydrogen) atoms. The van der Waals surface area contributed by atoms with E-state index in [0.717, 1.165) is 11.1 Å². The molecule has 1 heterocycles. The number of hydrogen-bond acceptors (Lipinski definition) is 9. The number of allylic oxidation sites excluding steroid dienone is 4. The number of cyclic esters (lactones) is 1. The number of phenols is 1. The molecule has 0 fully saturated rings. The number of esters is 2. The monoisotopic (exact) mass is 524 g/mol. The number of carbonyl (C=O) groups excluding carboxylic acids is 2. The Morgan fingerprint density at radius 1 is 1.19 bits per heavy atom. The minimum atomic E-state index is -3.19. The van der Waals surface area contributed by atoms with E-state index in [4.69, 9.17) is 23.3 Å². The minimum absolute atomic E-state index is 0.109. The van der Waals surface area contributed by atoms with Gasteiger partial charge in [0.1, 0.15) is 23.7 Å². The van der Waals surface area contributed by atoms with Gasteiger partial charge in [0.25, 0.3) is 0 Å². The van der Waals surface area contributed by atoms with Crippen LogP contribution in [0.15, 0.2) is 23.8 Å².